The van der Waals surface area contributed by atoms with Gasteiger partial charge in [-0.15, -0.1) is 0 Å². The molecule has 0 spiro atoms. The molecule has 1 amide bonds. The summed E-state index contributed by atoms with van der Waals surface area (Å²) in [4.78, 5) is 18.7. The first-order valence-electron chi connectivity index (χ1n) is 8.91. The number of fused-ring (bicyclic) bond motifs is 1. The molecule has 1 aromatic rings. The van der Waals surface area contributed by atoms with Crippen molar-refractivity contribution < 1.29 is 9.53 Å². The van der Waals surface area contributed by atoms with Gasteiger partial charge in [-0.05, 0) is 43.2 Å². The summed E-state index contributed by atoms with van der Waals surface area (Å²) in [5, 5.41) is 3.60. The molecule has 1 aromatic heterocycles. The second-order valence-corrected chi connectivity index (χ2v) is 7.02. The average Bonchev–Trinajstić information content (AvgIpc) is 3.21. The van der Waals surface area contributed by atoms with Gasteiger partial charge in [0.2, 0.25) is 0 Å². The van der Waals surface area contributed by atoms with Crippen molar-refractivity contribution in [2.45, 2.75) is 38.1 Å². The third kappa shape index (κ3) is 3.07. The van der Waals surface area contributed by atoms with E-state index in [1.807, 2.05) is 17.0 Å². The van der Waals surface area contributed by atoms with E-state index < -0.39 is 0 Å². The van der Waals surface area contributed by atoms with Crippen LogP contribution in [-0.4, -0.2) is 48.1 Å². The van der Waals surface area contributed by atoms with Crippen molar-refractivity contribution >= 4 is 11.7 Å². The quantitative estimate of drug-likeness (QED) is 0.931. The number of nitrogens with zero attached hydrogens (tertiary/aromatic N) is 2. The Labute approximate surface area is 137 Å². The van der Waals surface area contributed by atoms with E-state index in [0.29, 0.717) is 37.9 Å². The number of aromatic nitrogens is 1. The van der Waals surface area contributed by atoms with Crippen LogP contribution in [0.2, 0.25) is 0 Å². The van der Waals surface area contributed by atoms with Gasteiger partial charge in [-0.25, -0.2) is 4.98 Å². The summed E-state index contributed by atoms with van der Waals surface area (Å²) >= 11 is 0. The van der Waals surface area contributed by atoms with Gasteiger partial charge in [0.05, 0.1) is 18.8 Å². The van der Waals surface area contributed by atoms with Gasteiger partial charge in [0.15, 0.2) is 0 Å². The van der Waals surface area contributed by atoms with Gasteiger partial charge in [-0.3, -0.25) is 4.79 Å². The Morgan fingerprint density at radius 1 is 1.17 bits per heavy atom. The van der Waals surface area contributed by atoms with Gasteiger partial charge in [-0.1, -0.05) is 12.8 Å². The third-order valence-corrected chi connectivity index (χ3v) is 5.73. The predicted molar refractivity (Wildman–Crippen MR) is 88.4 cm³/mol. The number of carbonyl (C=O) groups excluding carboxylic acids is 1. The fraction of sp³-hybridized carbons (Fsp3) is 0.667. The minimum Gasteiger partial charge on any atom is -0.378 e. The predicted octanol–water partition coefficient (Wildman–Crippen LogP) is 2.54. The van der Waals surface area contributed by atoms with E-state index in [0.717, 1.165) is 17.7 Å². The molecule has 1 aliphatic heterocycles. The van der Waals surface area contributed by atoms with Crippen molar-refractivity contribution in [1.29, 1.82) is 0 Å². The van der Waals surface area contributed by atoms with Crippen LogP contribution in [0.4, 0.5) is 5.82 Å². The van der Waals surface area contributed by atoms with Crippen molar-refractivity contribution in [1.82, 2.24) is 9.88 Å². The Kier molecular flexibility index (Phi) is 4.21. The Balaban J connectivity index is 1.38. The number of amides is 1. The lowest BCUT2D eigenvalue weighted by molar-refractivity contribution is 0.0302. The number of rotatable bonds is 3. The summed E-state index contributed by atoms with van der Waals surface area (Å²) in [7, 11) is 0. The maximum absolute atomic E-state index is 12.4. The van der Waals surface area contributed by atoms with E-state index in [1.165, 1.54) is 32.1 Å². The average molecular weight is 315 g/mol. The molecule has 3 aliphatic rings. The van der Waals surface area contributed by atoms with Crippen LogP contribution in [0.5, 0.6) is 0 Å². The number of morpholine rings is 1. The topological polar surface area (TPSA) is 54.5 Å². The summed E-state index contributed by atoms with van der Waals surface area (Å²) in [6.45, 7) is 2.60. The van der Waals surface area contributed by atoms with Crippen molar-refractivity contribution in [2.24, 2.45) is 11.8 Å². The summed E-state index contributed by atoms with van der Waals surface area (Å²) in [6, 6.07) is 4.42. The molecule has 1 N–H and O–H groups in total. The van der Waals surface area contributed by atoms with Crippen LogP contribution < -0.4 is 5.32 Å². The Morgan fingerprint density at radius 2 is 2.04 bits per heavy atom. The molecular formula is C18H25N3O2. The molecule has 5 heteroatoms. The molecule has 3 atom stereocenters. The summed E-state index contributed by atoms with van der Waals surface area (Å²) in [5.41, 5.74) is 0.669. The molecule has 0 radical (unpaired) electrons. The van der Waals surface area contributed by atoms with Gasteiger partial charge in [0.1, 0.15) is 5.82 Å². The summed E-state index contributed by atoms with van der Waals surface area (Å²) in [6.07, 6.45) is 8.47. The second-order valence-electron chi connectivity index (χ2n) is 7.02. The number of anilines is 1. The molecule has 23 heavy (non-hydrogen) atoms. The minimum atomic E-state index is 0.0593. The van der Waals surface area contributed by atoms with Crippen LogP contribution >= 0.6 is 0 Å². The lowest BCUT2D eigenvalue weighted by Gasteiger charge is -2.26. The lowest BCUT2D eigenvalue weighted by Crippen LogP contribution is -2.40. The molecule has 5 nitrogen and oxygen atoms in total. The molecule has 0 unspecified atom stereocenters. The van der Waals surface area contributed by atoms with E-state index in [1.54, 1.807) is 6.20 Å². The molecular weight excluding hydrogens is 290 g/mol. The molecule has 0 bridgehead atoms. The molecule has 2 saturated carbocycles. The van der Waals surface area contributed by atoms with Crippen LogP contribution in [0.3, 0.4) is 0 Å². The number of hydrogen-bond donors (Lipinski definition) is 1. The monoisotopic (exact) mass is 315 g/mol. The van der Waals surface area contributed by atoms with Crippen molar-refractivity contribution in [2.75, 3.05) is 31.6 Å². The maximum atomic E-state index is 12.4. The van der Waals surface area contributed by atoms with Gasteiger partial charge >= 0.3 is 0 Å². The van der Waals surface area contributed by atoms with Gasteiger partial charge in [0, 0.05) is 25.3 Å². The van der Waals surface area contributed by atoms with Crippen LogP contribution in [-0.2, 0) is 4.74 Å². The molecule has 0 aromatic carbocycles. The van der Waals surface area contributed by atoms with E-state index in [-0.39, 0.29) is 5.91 Å². The van der Waals surface area contributed by atoms with Crippen molar-refractivity contribution in [3.8, 4) is 0 Å². The smallest absolute Gasteiger partial charge is 0.255 e. The van der Waals surface area contributed by atoms with Crippen LogP contribution in [0.25, 0.3) is 0 Å². The summed E-state index contributed by atoms with van der Waals surface area (Å²) < 4.78 is 5.29. The highest BCUT2D eigenvalue weighted by Gasteiger charge is 2.39. The normalized spacial score (nSPS) is 30.3. The Hall–Kier alpha value is -1.62. The SMILES string of the molecule is O=C(c1ccc(N[C@H]2CC[C@@H]3CCC[C@@H]32)nc1)N1CCOCC1. The third-order valence-electron chi connectivity index (χ3n) is 5.73. The van der Waals surface area contributed by atoms with Crippen LogP contribution in [0.15, 0.2) is 18.3 Å². The zero-order valence-electron chi connectivity index (χ0n) is 13.5. The fourth-order valence-corrected chi connectivity index (χ4v) is 4.49. The first kappa shape index (κ1) is 14.9. The van der Waals surface area contributed by atoms with Gasteiger partial charge < -0.3 is 15.0 Å². The standard InChI is InChI=1S/C18H25N3O2/c22-18(21-8-10-23-11-9-21)14-5-7-17(19-12-14)20-16-6-4-13-2-1-3-15(13)16/h5,7,12-13,15-16H,1-4,6,8-11H2,(H,19,20)/t13-,15-,16-/m0/s1. The molecule has 2 heterocycles. The van der Waals surface area contributed by atoms with E-state index >= 15 is 0 Å². The molecule has 3 fully saturated rings. The molecule has 1 saturated heterocycles. The maximum Gasteiger partial charge on any atom is 0.255 e. The number of ether oxygens (including phenoxy) is 1. The van der Waals surface area contributed by atoms with E-state index in [4.69, 9.17) is 4.74 Å². The highest BCUT2D eigenvalue weighted by molar-refractivity contribution is 5.94. The Morgan fingerprint density at radius 3 is 2.83 bits per heavy atom. The summed E-state index contributed by atoms with van der Waals surface area (Å²) in [5.74, 6) is 2.71. The van der Waals surface area contributed by atoms with Crippen LogP contribution in [0.1, 0.15) is 42.5 Å². The number of carbonyl (C=O) groups is 1. The molecule has 124 valence electrons. The molecule has 2 aliphatic carbocycles. The lowest BCUT2D eigenvalue weighted by atomic mass is 9.98. The Bertz CT molecular complexity index is 554. The number of nitrogens with one attached hydrogen (secondary N) is 1. The van der Waals surface area contributed by atoms with Crippen molar-refractivity contribution in [3.63, 3.8) is 0 Å². The zero-order valence-corrected chi connectivity index (χ0v) is 13.5. The number of pyridine rings is 1. The van der Waals surface area contributed by atoms with Gasteiger partial charge in [0.25, 0.3) is 5.91 Å². The van der Waals surface area contributed by atoms with E-state index in [2.05, 4.69) is 10.3 Å². The molecule has 4 rings (SSSR count). The number of hydrogen-bond acceptors (Lipinski definition) is 4. The second kappa shape index (κ2) is 6.48. The highest BCUT2D eigenvalue weighted by atomic mass is 16.5. The van der Waals surface area contributed by atoms with Gasteiger partial charge in [-0.2, -0.15) is 0 Å². The highest BCUT2D eigenvalue weighted by Crippen LogP contribution is 2.44. The van der Waals surface area contributed by atoms with Crippen LogP contribution in [0, 0.1) is 11.8 Å². The first-order valence-corrected chi connectivity index (χ1v) is 8.91. The first-order chi connectivity index (χ1) is 11.3. The minimum absolute atomic E-state index is 0.0593. The zero-order chi connectivity index (χ0) is 15.6. The fourth-order valence-electron chi connectivity index (χ4n) is 4.49. The van der Waals surface area contributed by atoms with Crippen molar-refractivity contribution in [3.05, 3.63) is 23.9 Å². The largest absolute Gasteiger partial charge is 0.378 e. The van der Waals surface area contributed by atoms with E-state index in [9.17, 15) is 4.79 Å².